The van der Waals surface area contributed by atoms with Crippen LogP contribution >= 0.6 is 11.3 Å². The number of pyridine rings is 1. The van der Waals surface area contributed by atoms with Crippen molar-refractivity contribution < 1.29 is 9.53 Å². The van der Waals surface area contributed by atoms with Crippen molar-refractivity contribution in [1.29, 1.82) is 5.26 Å². The number of aryl methyl sites for hydroxylation is 1. The summed E-state index contributed by atoms with van der Waals surface area (Å²) in [4.78, 5) is 16.7. The first kappa shape index (κ1) is 13.1. The Labute approximate surface area is 113 Å². The largest absolute Gasteiger partial charge is 0.462 e. The summed E-state index contributed by atoms with van der Waals surface area (Å²) >= 11 is 1.12. The maximum atomic E-state index is 11.8. The van der Waals surface area contributed by atoms with Gasteiger partial charge in [0.15, 0.2) is 0 Å². The number of hydrogen-bond acceptors (Lipinski definition) is 7. The van der Waals surface area contributed by atoms with E-state index in [2.05, 4.69) is 4.98 Å². The fraction of sp³-hybridized carbons (Fsp3) is 0.250. The molecule has 0 fully saturated rings. The van der Waals surface area contributed by atoms with Gasteiger partial charge in [-0.3, -0.25) is 0 Å². The van der Waals surface area contributed by atoms with Crippen LogP contribution in [0.1, 0.15) is 27.7 Å². The van der Waals surface area contributed by atoms with E-state index < -0.39 is 5.97 Å². The van der Waals surface area contributed by atoms with Crippen LogP contribution < -0.4 is 11.5 Å². The fourth-order valence-electron chi connectivity index (χ4n) is 1.84. The van der Waals surface area contributed by atoms with Crippen molar-refractivity contribution in [2.24, 2.45) is 0 Å². The van der Waals surface area contributed by atoms with Crippen LogP contribution in [0.15, 0.2) is 0 Å². The molecule has 0 aliphatic carbocycles. The Balaban J connectivity index is 2.75. The van der Waals surface area contributed by atoms with Gasteiger partial charge in [0, 0.05) is 5.39 Å². The molecule has 0 saturated carbocycles. The third kappa shape index (κ3) is 1.96. The Morgan fingerprint density at radius 3 is 2.79 bits per heavy atom. The van der Waals surface area contributed by atoms with Crippen molar-refractivity contribution in [2.75, 3.05) is 18.1 Å². The lowest BCUT2D eigenvalue weighted by Gasteiger charge is -2.03. The van der Waals surface area contributed by atoms with E-state index in [1.807, 2.05) is 6.07 Å². The first-order valence-electron chi connectivity index (χ1n) is 5.56. The van der Waals surface area contributed by atoms with Crippen molar-refractivity contribution in [3.63, 3.8) is 0 Å². The molecule has 98 valence electrons. The maximum Gasteiger partial charge on any atom is 0.350 e. The second-order valence-corrected chi connectivity index (χ2v) is 4.85. The molecule has 0 aliphatic rings. The zero-order chi connectivity index (χ0) is 14.2. The number of aromatic nitrogens is 1. The quantitative estimate of drug-likeness (QED) is 0.808. The molecule has 0 atom stereocenters. The molecule has 19 heavy (non-hydrogen) atoms. The summed E-state index contributed by atoms with van der Waals surface area (Å²) in [5.41, 5.74) is 12.9. The highest BCUT2D eigenvalue weighted by atomic mass is 32.1. The highest BCUT2D eigenvalue weighted by molar-refractivity contribution is 7.21. The number of esters is 1. The van der Waals surface area contributed by atoms with E-state index in [1.165, 1.54) is 0 Å². The smallest absolute Gasteiger partial charge is 0.350 e. The molecule has 0 aliphatic heterocycles. The summed E-state index contributed by atoms with van der Waals surface area (Å²) in [5, 5.41) is 9.65. The van der Waals surface area contributed by atoms with Crippen LogP contribution in [0.4, 0.5) is 11.5 Å². The SMILES string of the molecule is CCOC(=O)c1sc2nc(N)c(C#N)c(C)c2c1N. The number of carbonyl (C=O) groups excluding carboxylic acids is 1. The van der Waals surface area contributed by atoms with E-state index in [9.17, 15) is 4.79 Å². The minimum Gasteiger partial charge on any atom is -0.462 e. The van der Waals surface area contributed by atoms with Crippen LogP contribution in [-0.2, 0) is 4.74 Å². The predicted molar refractivity (Wildman–Crippen MR) is 73.9 cm³/mol. The summed E-state index contributed by atoms with van der Waals surface area (Å²) in [6.45, 7) is 3.72. The van der Waals surface area contributed by atoms with Gasteiger partial charge in [-0.2, -0.15) is 5.26 Å². The Kier molecular flexibility index (Phi) is 3.27. The summed E-state index contributed by atoms with van der Waals surface area (Å²) in [5.74, 6) is -0.344. The van der Waals surface area contributed by atoms with Crippen LogP contribution in [0, 0.1) is 18.3 Å². The maximum absolute atomic E-state index is 11.8. The normalized spacial score (nSPS) is 10.4. The molecule has 4 N–H and O–H groups in total. The first-order chi connectivity index (χ1) is 9.01. The standard InChI is InChI=1S/C12H12N4O2S/c1-3-18-12(17)9-8(14)7-5(2)6(4-13)10(15)16-11(7)19-9/h3,14H2,1-2H3,(H2,15,16). The van der Waals surface area contributed by atoms with Gasteiger partial charge in [0.2, 0.25) is 0 Å². The van der Waals surface area contributed by atoms with Gasteiger partial charge in [0.1, 0.15) is 21.6 Å². The number of thiophene rings is 1. The zero-order valence-electron chi connectivity index (χ0n) is 10.5. The zero-order valence-corrected chi connectivity index (χ0v) is 11.3. The van der Waals surface area contributed by atoms with Gasteiger partial charge in [-0.05, 0) is 19.4 Å². The highest BCUT2D eigenvalue weighted by Crippen LogP contribution is 2.37. The van der Waals surface area contributed by atoms with Gasteiger partial charge >= 0.3 is 5.97 Å². The van der Waals surface area contributed by atoms with Crippen molar-refractivity contribution in [3.8, 4) is 6.07 Å². The number of nitriles is 1. The van der Waals surface area contributed by atoms with Crippen LogP contribution in [0.25, 0.3) is 10.2 Å². The lowest BCUT2D eigenvalue weighted by atomic mass is 10.1. The number of carbonyl (C=O) groups is 1. The Morgan fingerprint density at radius 2 is 2.21 bits per heavy atom. The number of anilines is 2. The highest BCUT2D eigenvalue weighted by Gasteiger charge is 2.22. The van der Waals surface area contributed by atoms with Crippen molar-refractivity contribution in [3.05, 3.63) is 16.0 Å². The molecule has 2 aromatic heterocycles. The molecule has 0 aromatic carbocycles. The van der Waals surface area contributed by atoms with Gasteiger partial charge in [0.05, 0.1) is 17.9 Å². The molecule has 0 saturated heterocycles. The summed E-state index contributed by atoms with van der Waals surface area (Å²) in [6, 6.07) is 1.99. The molecule has 6 nitrogen and oxygen atoms in total. The average molecular weight is 276 g/mol. The van der Waals surface area contributed by atoms with E-state index in [-0.39, 0.29) is 18.0 Å². The van der Waals surface area contributed by atoms with Crippen molar-refractivity contribution >= 4 is 39.0 Å². The number of nitrogens with zero attached hydrogens (tertiary/aromatic N) is 2. The van der Waals surface area contributed by atoms with E-state index >= 15 is 0 Å². The van der Waals surface area contributed by atoms with Crippen LogP contribution in [0.3, 0.4) is 0 Å². The van der Waals surface area contributed by atoms with Crippen molar-refractivity contribution in [2.45, 2.75) is 13.8 Å². The molecule has 0 amide bonds. The summed E-state index contributed by atoms with van der Waals surface area (Å²) in [6.07, 6.45) is 0. The number of nitrogens with two attached hydrogens (primary N) is 2. The molecule has 2 rings (SSSR count). The Hall–Kier alpha value is -2.33. The third-order valence-electron chi connectivity index (χ3n) is 2.73. The number of hydrogen-bond donors (Lipinski definition) is 2. The second kappa shape index (κ2) is 4.74. The third-order valence-corrected chi connectivity index (χ3v) is 3.81. The van der Waals surface area contributed by atoms with Gasteiger partial charge in [0.25, 0.3) is 0 Å². The lowest BCUT2D eigenvalue weighted by molar-refractivity contribution is 0.0533. The molecule has 0 unspecified atom stereocenters. The van der Waals surface area contributed by atoms with Crippen molar-refractivity contribution in [1.82, 2.24) is 4.98 Å². The van der Waals surface area contributed by atoms with Crippen LogP contribution in [0.5, 0.6) is 0 Å². The Bertz CT molecular complexity index is 715. The van der Waals surface area contributed by atoms with Gasteiger partial charge in [-0.15, -0.1) is 11.3 Å². The van der Waals surface area contributed by atoms with E-state index in [4.69, 9.17) is 21.5 Å². The average Bonchev–Trinajstić information content (AvgIpc) is 2.67. The summed E-state index contributed by atoms with van der Waals surface area (Å²) < 4.78 is 4.93. The molecule has 2 heterocycles. The number of rotatable bonds is 2. The van der Waals surface area contributed by atoms with Gasteiger partial charge < -0.3 is 16.2 Å². The number of fused-ring (bicyclic) bond motifs is 1. The van der Waals surface area contributed by atoms with Crippen LogP contribution in [-0.4, -0.2) is 17.6 Å². The van der Waals surface area contributed by atoms with Gasteiger partial charge in [-0.1, -0.05) is 0 Å². The molecule has 7 heteroatoms. The monoisotopic (exact) mass is 276 g/mol. The van der Waals surface area contributed by atoms with E-state index in [0.29, 0.717) is 26.3 Å². The van der Waals surface area contributed by atoms with E-state index in [0.717, 1.165) is 11.3 Å². The molecule has 2 aromatic rings. The van der Waals surface area contributed by atoms with E-state index in [1.54, 1.807) is 13.8 Å². The number of ether oxygens (including phenoxy) is 1. The fourth-order valence-corrected chi connectivity index (χ4v) is 2.90. The second-order valence-electron chi connectivity index (χ2n) is 3.85. The predicted octanol–water partition coefficient (Wildman–Crippen LogP) is 1.82. The van der Waals surface area contributed by atoms with Crippen LogP contribution in [0.2, 0.25) is 0 Å². The van der Waals surface area contributed by atoms with Gasteiger partial charge in [-0.25, -0.2) is 9.78 Å². The first-order valence-corrected chi connectivity index (χ1v) is 6.38. The molecule has 0 bridgehead atoms. The molecule has 0 radical (unpaired) electrons. The minimum absolute atomic E-state index is 0.143. The summed E-state index contributed by atoms with van der Waals surface area (Å²) in [7, 11) is 0. The molecular weight excluding hydrogens is 264 g/mol. The number of nitrogen functional groups attached to an aromatic ring is 2. The lowest BCUT2D eigenvalue weighted by Crippen LogP contribution is -2.05. The minimum atomic E-state index is -0.487. The molecule has 0 spiro atoms. The Morgan fingerprint density at radius 1 is 1.53 bits per heavy atom. The molecular formula is C12H12N4O2S. The topological polar surface area (TPSA) is 115 Å².